The normalized spacial score (nSPS) is 15.1. The number of hydrogen-bond acceptors (Lipinski definition) is 4. The van der Waals surface area contributed by atoms with Crippen LogP contribution < -0.4 is 0 Å². The van der Waals surface area contributed by atoms with Crippen LogP contribution in [0, 0.1) is 5.92 Å². The molecule has 5 nitrogen and oxygen atoms in total. The molecular weight excluding hydrogens is 327 g/mol. The molecule has 0 spiro atoms. The van der Waals surface area contributed by atoms with Gasteiger partial charge in [-0.1, -0.05) is 38.1 Å². The zero-order valence-electron chi connectivity index (χ0n) is 15.0. The molecule has 2 atom stereocenters. The Morgan fingerprint density at radius 1 is 1.12 bits per heavy atom. The largest absolute Gasteiger partial charge is 0.465 e. The lowest BCUT2D eigenvalue weighted by atomic mass is 9.97. The molecule has 2 unspecified atom stereocenters. The number of esters is 1. The molecule has 0 radical (unpaired) electrons. The van der Waals surface area contributed by atoms with Gasteiger partial charge in [0.1, 0.15) is 0 Å². The van der Waals surface area contributed by atoms with Gasteiger partial charge in [0.2, 0.25) is 0 Å². The summed E-state index contributed by atoms with van der Waals surface area (Å²) < 4.78 is 21.0. The maximum Gasteiger partial charge on any atom is 0.325 e. The van der Waals surface area contributed by atoms with Gasteiger partial charge in [0, 0.05) is 6.66 Å². The standard InChI is InChI=1S/C18H29O5P/c1-14(2)13-16-7-9-17(10-8-16)15(3)18(19)22-11-5-6-12-23-24(4,20)21/h7-10,14-15H,5-6,11-13H2,1-4H3,(H,20,21). The van der Waals surface area contributed by atoms with Crippen LogP contribution in [0.1, 0.15) is 50.7 Å². The number of rotatable bonds is 10. The molecule has 24 heavy (non-hydrogen) atoms. The lowest BCUT2D eigenvalue weighted by Gasteiger charge is -2.13. The number of hydrogen-bond donors (Lipinski definition) is 1. The van der Waals surface area contributed by atoms with E-state index in [0.29, 0.717) is 18.8 Å². The monoisotopic (exact) mass is 356 g/mol. The van der Waals surface area contributed by atoms with Crippen LogP contribution in [-0.2, 0) is 25.0 Å². The fraction of sp³-hybridized carbons (Fsp3) is 0.611. The highest BCUT2D eigenvalue weighted by molar-refractivity contribution is 7.51. The van der Waals surface area contributed by atoms with Crippen LogP contribution in [0.15, 0.2) is 24.3 Å². The van der Waals surface area contributed by atoms with Gasteiger partial charge < -0.3 is 14.2 Å². The molecule has 0 amide bonds. The van der Waals surface area contributed by atoms with Crippen LogP contribution >= 0.6 is 7.60 Å². The van der Waals surface area contributed by atoms with Crippen molar-refractivity contribution in [3.8, 4) is 0 Å². The van der Waals surface area contributed by atoms with E-state index in [1.54, 1.807) is 0 Å². The van der Waals surface area contributed by atoms with E-state index in [1.165, 1.54) is 5.56 Å². The highest BCUT2D eigenvalue weighted by Crippen LogP contribution is 2.36. The molecule has 0 fully saturated rings. The second kappa shape index (κ2) is 9.97. The molecule has 0 bridgehead atoms. The zero-order chi connectivity index (χ0) is 18.2. The molecule has 0 aromatic heterocycles. The van der Waals surface area contributed by atoms with E-state index < -0.39 is 7.60 Å². The summed E-state index contributed by atoms with van der Waals surface area (Å²) in [5.74, 6) is 0.0492. The van der Waals surface area contributed by atoms with E-state index in [0.717, 1.165) is 18.6 Å². The van der Waals surface area contributed by atoms with Crippen molar-refractivity contribution in [2.75, 3.05) is 19.9 Å². The Morgan fingerprint density at radius 3 is 2.25 bits per heavy atom. The highest BCUT2D eigenvalue weighted by atomic mass is 31.2. The van der Waals surface area contributed by atoms with Crippen molar-refractivity contribution in [1.29, 1.82) is 0 Å². The first kappa shape index (κ1) is 20.9. The molecular formula is C18H29O5P. The first-order valence-electron chi connectivity index (χ1n) is 8.39. The third-order valence-corrected chi connectivity index (χ3v) is 4.25. The van der Waals surface area contributed by atoms with Crippen molar-refractivity contribution in [3.05, 3.63) is 35.4 Å². The van der Waals surface area contributed by atoms with Gasteiger partial charge in [0.05, 0.1) is 19.1 Å². The summed E-state index contributed by atoms with van der Waals surface area (Å²) in [6, 6.07) is 8.10. The van der Waals surface area contributed by atoms with Crippen molar-refractivity contribution in [1.82, 2.24) is 0 Å². The smallest absolute Gasteiger partial charge is 0.325 e. The summed E-state index contributed by atoms with van der Waals surface area (Å²) in [5.41, 5.74) is 2.22. The first-order chi connectivity index (χ1) is 11.2. The lowest BCUT2D eigenvalue weighted by molar-refractivity contribution is -0.145. The van der Waals surface area contributed by atoms with Gasteiger partial charge in [0.15, 0.2) is 0 Å². The Hall–Kier alpha value is -1.16. The van der Waals surface area contributed by atoms with E-state index >= 15 is 0 Å². The van der Waals surface area contributed by atoms with Gasteiger partial charge >= 0.3 is 13.6 Å². The fourth-order valence-corrected chi connectivity index (χ4v) is 2.75. The number of carbonyl (C=O) groups excluding carboxylic acids is 1. The number of unbranched alkanes of at least 4 members (excludes halogenated alkanes) is 1. The van der Waals surface area contributed by atoms with Crippen molar-refractivity contribution in [3.63, 3.8) is 0 Å². The summed E-state index contributed by atoms with van der Waals surface area (Å²) in [6.07, 6.45) is 2.20. The maximum atomic E-state index is 12.1. The number of ether oxygens (including phenoxy) is 1. The SMILES string of the molecule is CC(C)Cc1ccc(C(C)C(=O)OCCCCOP(C)(=O)O)cc1. The molecule has 0 saturated carbocycles. The highest BCUT2D eigenvalue weighted by Gasteiger charge is 2.16. The third-order valence-electron chi connectivity index (χ3n) is 3.59. The second-order valence-electron chi connectivity index (χ2n) is 6.57. The molecule has 136 valence electrons. The van der Waals surface area contributed by atoms with E-state index in [1.807, 2.05) is 19.1 Å². The Bertz CT molecular complexity index is 547. The Balaban J connectivity index is 2.33. The molecule has 1 aromatic carbocycles. The van der Waals surface area contributed by atoms with Crippen LogP contribution in [0.5, 0.6) is 0 Å². The minimum absolute atomic E-state index is 0.189. The summed E-state index contributed by atoms with van der Waals surface area (Å²) in [6.45, 7) is 7.83. The van der Waals surface area contributed by atoms with Crippen molar-refractivity contribution in [2.24, 2.45) is 5.92 Å². The third kappa shape index (κ3) is 8.62. The molecule has 6 heteroatoms. The molecule has 1 N–H and O–H groups in total. The van der Waals surface area contributed by atoms with Crippen LogP contribution in [0.2, 0.25) is 0 Å². The molecule has 1 aromatic rings. The van der Waals surface area contributed by atoms with Gasteiger partial charge in [-0.2, -0.15) is 0 Å². The van der Waals surface area contributed by atoms with Gasteiger partial charge in [0.25, 0.3) is 0 Å². The topological polar surface area (TPSA) is 72.8 Å². The Morgan fingerprint density at radius 2 is 1.71 bits per heavy atom. The van der Waals surface area contributed by atoms with Gasteiger partial charge in [-0.05, 0) is 43.2 Å². The van der Waals surface area contributed by atoms with Crippen LogP contribution in [-0.4, -0.2) is 30.7 Å². The minimum atomic E-state index is -3.41. The Labute approximate surface area is 144 Å². The molecule has 1 rings (SSSR count). The quantitative estimate of drug-likeness (QED) is 0.387. The van der Waals surface area contributed by atoms with Crippen molar-refractivity contribution >= 4 is 13.6 Å². The zero-order valence-corrected chi connectivity index (χ0v) is 15.9. The van der Waals surface area contributed by atoms with E-state index in [-0.39, 0.29) is 25.1 Å². The Kier molecular flexibility index (Phi) is 8.68. The summed E-state index contributed by atoms with van der Waals surface area (Å²) in [7, 11) is -3.41. The van der Waals surface area contributed by atoms with Gasteiger partial charge in [-0.15, -0.1) is 0 Å². The summed E-state index contributed by atoms with van der Waals surface area (Å²) >= 11 is 0. The molecule has 0 saturated heterocycles. The van der Waals surface area contributed by atoms with Crippen molar-refractivity contribution < 1.29 is 23.5 Å². The van der Waals surface area contributed by atoms with Crippen molar-refractivity contribution in [2.45, 2.75) is 46.0 Å². The molecule has 0 aliphatic rings. The summed E-state index contributed by atoms with van der Waals surface area (Å²) in [4.78, 5) is 21.0. The summed E-state index contributed by atoms with van der Waals surface area (Å²) in [5, 5.41) is 0. The number of carbonyl (C=O) groups is 1. The second-order valence-corrected chi connectivity index (χ2v) is 8.44. The average molecular weight is 356 g/mol. The molecule has 0 heterocycles. The van der Waals surface area contributed by atoms with Gasteiger partial charge in [-0.25, -0.2) is 0 Å². The van der Waals surface area contributed by atoms with E-state index in [2.05, 4.69) is 26.0 Å². The lowest BCUT2D eigenvalue weighted by Crippen LogP contribution is -2.14. The van der Waals surface area contributed by atoms with Crippen LogP contribution in [0.3, 0.4) is 0 Å². The van der Waals surface area contributed by atoms with Crippen LogP contribution in [0.25, 0.3) is 0 Å². The van der Waals surface area contributed by atoms with Gasteiger partial charge in [-0.3, -0.25) is 9.36 Å². The predicted octanol–water partition coefficient (Wildman–Crippen LogP) is 4.14. The maximum absolute atomic E-state index is 12.1. The fourth-order valence-electron chi connectivity index (χ4n) is 2.29. The predicted molar refractivity (Wildman–Crippen MR) is 95.3 cm³/mol. The first-order valence-corrected chi connectivity index (χ1v) is 10.4. The average Bonchev–Trinajstić information content (AvgIpc) is 2.49. The minimum Gasteiger partial charge on any atom is -0.465 e. The number of benzene rings is 1. The van der Waals surface area contributed by atoms with Crippen LogP contribution in [0.4, 0.5) is 0 Å². The van der Waals surface area contributed by atoms with E-state index in [4.69, 9.17) is 14.2 Å². The molecule has 0 aliphatic heterocycles. The van der Waals surface area contributed by atoms with E-state index in [9.17, 15) is 9.36 Å². The molecule has 0 aliphatic carbocycles.